The molecule has 1 aliphatic rings. The van der Waals surface area contributed by atoms with Gasteiger partial charge in [-0.1, -0.05) is 6.58 Å². The van der Waals surface area contributed by atoms with Crippen LogP contribution in [0.1, 0.15) is 13.3 Å². The summed E-state index contributed by atoms with van der Waals surface area (Å²) in [5, 5.41) is 0. The Morgan fingerprint density at radius 2 is 2.35 bits per heavy atom. The monoisotopic (exact) mass is 260 g/mol. The number of hydrogen-bond donors (Lipinski definition) is 0. The van der Waals surface area contributed by atoms with Gasteiger partial charge in [0.25, 0.3) is 0 Å². The van der Waals surface area contributed by atoms with Crippen LogP contribution < -0.4 is 0 Å². The van der Waals surface area contributed by atoms with Gasteiger partial charge in [0.15, 0.2) is 6.10 Å². The van der Waals surface area contributed by atoms with Crippen LogP contribution in [0.15, 0.2) is 12.7 Å². The summed E-state index contributed by atoms with van der Waals surface area (Å²) < 4.78 is 15.2. The van der Waals surface area contributed by atoms with Crippen molar-refractivity contribution in [1.29, 1.82) is 0 Å². The van der Waals surface area contributed by atoms with Gasteiger partial charge < -0.3 is 14.2 Å². The molecule has 5 nitrogen and oxygen atoms in total. The highest BCUT2D eigenvalue weighted by Gasteiger charge is 2.23. The highest BCUT2D eigenvalue weighted by molar-refractivity contribution is 7.99. The predicted molar refractivity (Wildman–Crippen MR) is 63.5 cm³/mol. The Balaban J connectivity index is 2.36. The van der Waals surface area contributed by atoms with Crippen LogP contribution >= 0.6 is 11.8 Å². The summed E-state index contributed by atoms with van der Waals surface area (Å²) in [4.78, 5) is 22.4. The van der Waals surface area contributed by atoms with Crippen LogP contribution in [-0.4, -0.2) is 42.4 Å². The molecule has 1 aliphatic heterocycles. The molecule has 0 radical (unpaired) electrons. The molecular weight excluding hydrogens is 244 g/mol. The van der Waals surface area contributed by atoms with E-state index >= 15 is 0 Å². The minimum absolute atomic E-state index is 0.556. The summed E-state index contributed by atoms with van der Waals surface area (Å²) in [5.74, 6) is 0.349. The smallest absolute Gasteiger partial charge is 0.349 e. The van der Waals surface area contributed by atoms with Gasteiger partial charge in [-0.25, -0.2) is 9.59 Å². The van der Waals surface area contributed by atoms with Gasteiger partial charge in [-0.2, -0.15) is 11.8 Å². The van der Waals surface area contributed by atoms with Gasteiger partial charge in [0.05, 0.1) is 12.4 Å². The SMILES string of the molecule is C=CC(=O)OC(C)C(=O)OC1CSCCCO1. The van der Waals surface area contributed by atoms with Crippen LogP contribution in [0.2, 0.25) is 0 Å². The van der Waals surface area contributed by atoms with Gasteiger partial charge in [0, 0.05) is 6.08 Å². The fraction of sp³-hybridized carbons (Fsp3) is 0.636. The second-order valence-corrected chi connectivity index (χ2v) is 4.60. The van der Waals surface area contributed by atoms with E-state index in [2.05, 4.69) is 6.58 Å². The zero-order valence-corrected chi connectivity index (χ0v) is 10.5. The zero-order chi connectivity index (χ0) is 12.7. The third-order valence-electron chi connectivity index (χ3n) is 2.03. The topological polar surface area (TPSA) is 61.8 Å². The van der Waals surface area contributed by atoms with E-state index in [1.165, 1.54) is 6.92 Å². The Bertz CT molecular complexity index is 284. The van der Waals surface area contributed by atoms with Gasteiger partial charge in [0.1, 0.15) is 0 Å². The summed E-state index contributed by atoms with van der Waals surface area (Å²) in [6.45, 7) is 5.27. The standard InChI is InChI=1S/C11H16O5S/c1-3-9(12)15-8(2)11(13)16-10-7-17-6-4-5-14-10/h3,8,10H,1,4-7H2,2H3. The molecule has 1 heterocycles. The Hall–Kier alpha value is -1.01. The van der Waals surface area contributed by atoms with Crippen molar-refractivity contribution >= 4 is 23.7 Å². The largest absolute Gasteiger partial charge is 0.447 e. The average Bonchev–Trinajstić information content (AvgIpc) is 2.57. The quantitative estimate of drug-likeness (QED) is 0.558. The van der Waals surface area contributed by atoms with Crippen LogP contribution in [0.4, 0.5) is 0 Å². The van der Waals surface area contributed by atoms with Gasteiger partial charge in [-0.15, -0.1) is 0 Å². The molecule has 1 fully saturated rings. The fourth-order valence-corrected chi connectivity index (χ4v) is 2.01. The molecule has 0 saturated carbocycles. The minimum atomic E-state index is -0.947. The number of rotatable bonds is 4. The first-order valence-corrected chi connectivity index (χ1v) is 6.52. The van der Waals surface area contributed by atoms with Gasteiger partial charge in [0.2, 0.25) is 6.29 Å². The summed E-state index contributed by atoms with van der Waals surface area (Å²) >= 11 is 1.67. The average molecular weight is 260 g/mol. The van der Waals surface area contributed by atoms with Crippen molar-refractivity contribution in [3.63, 3.8) is 0 Å². The van der Waals surface area contributed by atoms with Crippen molar-refractivity contribution in [2.45, 2.75) is 25.7 Å². The second-order valence-electron chi connectivity index (χ2n) is 3.45. The number of ether oxygens (including phenoxy) is 3. The molecule has 2 unspecified atom stereocenters. The molecule has 2 atom stereocenters. The maximum atomic E-state index is 11.6. The van der Waals surface area contributed by atoms with E-state index in [0.29, 0.717) is 12.4 Å². The molecule has 0 aromatic carbocycles. The fourth-order valence-electron chi connectivity index (χ4n) is 1.17. The zero-order valence-electron chi connectivity index (χ0n) is 9.72. The van der Waals surface area contributed by atoms with Crippen LogP contribution in [0.3, 0.4) is 0 Å². The number of hydrogen-bond acceptors (Lipinski definition) is 6. The van der Waals surface area contributed by atoms with E-state index < -0.39 is 24.3 Å². The molecule has 6 heteroatoms. The van der Waals surface area contributed by atoms with Crippen molar-refractivity contribution in [3.05, 3.63) is 12.7 Å². The van der Waals surface area contributed by atoms with Gasteiger partial charge >= 0.3 is 11.9 Å². The Labute approximate surface area is 104 Å². The lowest BCUT2D eigenvalue weighted by molar-refractivity contribution is -0.186. The molecular formula is C11H16O5S. The van der Waals surface area contributed by atoms with Gasteiger partial charge in [-0.3, -0.25) is 0 Å². The first kappa shape index (κ1) is 14.1. The van der Waals surface area contributed by atoms with Crippen LogP contribution in [0.25, 0.3) is 0 Å². The van der Waals surface area contributed by atoms with E-state index in [1.54, 1.807) is 11.8 Å². The van der Waals surface area contributed by atoms with E-state index in [-0.39, 0.29) is 0 Å². The number of carbonyl (C=O) groups excluding carboxylic acids is 2. The molecule has 1 saturated heterocycles. The lowest BCUT2D eigenvalue weighted by atomic mass is 10.4. The molecule has 0 aromatic heterocycles. The lowest BCUT2D eigenvalue weighted by Crippen LogP contribution is -2.31. The van der Waals surface area contributed by atoms with Crippen molar-refractivity contribution in [3.8, 4) is 0 Å². The first-order chi connectivity index (χ1) is 8.13. The lowest BCUT2D eigenvalue weighted by Gasteiger charge is -2.18. The Kier molecular flexibility index (Phi) is 6.07. The Morgan fingerprint density at radius 1 is 1.59 bits per heavy atom. The van der Waals surface area contributed by atoms with Crippen molar-refractivity contribution in [2.75, 3.05) is 18.1 Å². The second kappa shape index (κ2) is 7.34. The molecule has 17 heavy (non-hydrogen) atoms. The molecule has 0 bridgehead atoms. The number of thioether (sulfide) groups is 1. The predicted octanol–water partition coefficient (Wildman–Crippen LogP) is 1.13. The maximum absolute atomic E-state index is 11.6. The van der Waals surface area contributed by atoms with E-state index in [1.807, 2.05) is 0 Å². The molecule has 0 aliphatic carbocycles. The molecule has 0 spiro atoms. The van der Waals surface area contributed by atoms with Crippen LogP contribution in [0.5, 0.6) is 0 Å². The minimum Gasteiger partial charge on any atom is -0.447 e. The highest BCUT2D eigenvalue weighted by atomic mass is 32.2. The van der Waals surface area contributed by atoms with E-state index in [4.69, 9.17) is 14.2 Å². The molecule has 0 aromatic rings. The van der Waals surface area contributed by atoms with Crippen molar-refractivity contribution in [2.24, 2.45) is 0 Å². The summed E-state index contributed by atoms with van der Waals surface area (Å²) in [7, 11) is 0. The summed E-state index contributed by atoms with van der Waals surface area (Å²) in [6, 6.07) is 0. The molecule has 0 N–H and O–H groups in total. The third kappa shape index (κ3) is 5.23. The molecule has 96 valence electrons. The molecule has 0 amide bonds. The molecule has 1 rings (SSSR count). The first-order valence-electron chi connectivity index (χ1n) is 5.36. The van der Waals surface area contributed by atoms with Crippen molar-refractivity contribution < 1.29 is 23.8 Å². The van der Waals surface area contributed by atoms with Crippen LogP contribution in [-0.2, 0) is 23.8 Å². The van der Waals surface area contributed by atoms with Crippen LogP contribution in [0, 0.1) is 0 Å². The van der Waals surface area contributed by atoms with Crippen molar-refractivity contribution in [1.82, 2.24) is 0 Å². The third-order valence-corrected chi connectivity index (χ3v) is 3.12. The summed E-state index contributed by atoms with van der Waals surface area (Å²) in [6.07, 6.45) is 0.443. The maximum Gasteiger partial charge on any atom is 0.349 e. The van der Waals surface area contributed by atoms with Gasteiger partial charge in [-0.05, 0) is 19.1 Å². The van der Waals surface area contributed by atoms with E-state index in [9.17, 15) is 9.59 Å². The normalized spacial score (nSPS) is 22.1. The van der Waals surface area contributed by atoms with E-state index in [0.717, 1.165) is 18.2 Å². The number of esters is 2. The Morgan fingerprint density at radius 3 is 3.06 bits per heavy atom. The highest BCUT2D eigenvalue weighted by Crippen LogP contribution is 2.14. The summed E-state index contributed by atoms with van der Waals surface area (Å²) in [5.41, 5.74) is 0. The number of carbonyl (C=O) groups is 2.